The summed E-state index contributed by atoms with van der Waals surface area (Å²) in [5, 5.41) is 13.8. The van der Waals surface area contributed by atoms with Gasteiger partial charge < -0.3 is 10.4 Å². The van der Waals surface area contributed by atoms with E-state index in [2.05, 4.69) is 27.9 Å². The lowest BCUT2D eigenvalue weighted by Gasteiger charge is -2.03. The zero-order valence-electron chi connectivity index (χ0n) is 8.11. The number of amides is 1. The Balaban J connectivity index is 2.13. The highest BCUT2D eigenvalue weighted by Crippen LogP contribution is 2.19. The van der Waals surface area contributed by atoms with Crippen LogP contribution < -0.4 is 5.32 Å². The third-order valence-corrected chi connectivity index (χ3v) is 3.72. The SMILES string of the molecule is O=C(Nc1cccc(O)c1)c1csc(I)c1. The number of anilines is 1. The van der Waals surface area contributed by atoms with E-state index < -0.39 is 0 Å². The molecule has 1 aromatic carbocycles. The van der Waals surface area contributed by atoms with Crippen LogP contribution in [0.25, 0.3) is 0 Å². The second-order valence-corrected chi connectivity index (χ2v) is 5.95. The standard InChI is InChI=1S/C11H8INO2S/c12-10-4-7(6-16-10)11(15)13-8-2-1-3-9(14)5-8/h1-6,14H,(H,13,15). The van der Waals surface area contributed by atoms with Gasteiger partial charge >= 0.3 is 0 Å². The molecule has 0 fully saturated rings. The first-order valence-electron chi connectivity index (χ1n) is 4.49. The summed E-state index contributed by atoms with van der Waals surface area (Å²) in [4.78, 5) is 11.7. The van der Waals surface area contributed by atoms with Crippen LogP contribution in [0, 0.1) is 2.88 Å². The number of halogens is 1. The van der Waals surface area contributed by atoms with Gasteiger partial charge in [0, 0.05) is 17.1 Å². The van der Waals surface area contributed by atoms with Crippen molar-refractivity contribution in [3.05, 3.63) is 44.2 Å². The van der Waals surface area contributed by atoms with Crippen LogP contribution in [0.1, 0.15) is 10.4 Å². The van der Waals surface area contributed by atoms with E-state index in [0.29, 0.717) is 11.3 Å². The summed E-state index contributed by atoms with van der Waals surface area (Å²) in [5.41, 5.74) is 1.23. The fraction of sp³-hybridized carbons (Fsp3) is 0. The largest absolute Gasteiger partial charge is 0.508 e. The number of carbonyl (C=O) groups is 1. The number of aromatic hydroxyl groups is 1. The van der Waals surface area contributed by atoms with Gasteiger partial charge in [-0.1, -0.05) is 6.07 Å². The Morgan fingerprint density at radius 3 is 2.81 bits per heavy atom. The normalized spacial score (nSPS) is 10.1. The van der Waals surface area contributed by atoms with Crippen molar-refractivity contribution < 1.29 is 9.90 Å². The number of nitrogens with one attached hydrogen (secondary N) is 1. The molecule has 3 nitrogen and oxygen atoms in total. The van der Waals surface area contributed by atoms with Crippen LogP contribution >= 0.6 is 33.9 Å². The molecule has 0 atom stereocenters. The van der Waals surface area contributed by atoms with E-state index in [-0.39, 0.29) is 11.7 Å². The maximum Gasteiger partial charge on any atom is 0.256 e. The van der Waals surface area contributed by atoms with Crippen LogP contribution in [0.2, 0.25) is 0 Å². The van der Waals surface area contributed by atoms with Crippen LogP contribution in [0.3, 0.4) is 0 Å². The molecule has 1 heterocycles. The molecule has 82 valence electrons. The molecule has 0 aliphatic carbocycles. The summed E-state index contributed by atoms with van der Waals surface area (Å²) in [6, 6.07) is 8.30. The Morgan fingerprint density at radius 2 is 2.19 bits per heavy atom. The number of carbonyl (C=O) groups excluding carboxylic acids is 1. The van der Waals surface area contributed by atoms with E-state index >= 15 is 0 Å². The van der Waals surface area contributed by atoms with Crippen LogP contribution in [-0.4, -0.2) is 11.0 Å². The van der Waals surface area contributed by atoms with Gasteiger partial charge in [0.05, 0.1) is 8.45 Å². The predicted molar refractivity (Wildman–Crippen MR) is 73.1 cm³/mol. The number of hydrogen-bond donors (Lipinski definition) is 2. The first-order valence-corrected chi connectivity index (χ1v) is 6.45. The van der Waals surface area contributed by atoms with Gasteiger partial charge in [0.25, 0.3) is 5.91 Å². The van der Waals surface area contributed by atoms with Crippen molar-refractivity contribution in [2.45, 2.75) is 0 Å². The average Bonchev–Trinajstić information content (AvgIpc) is 2.65. The molecular formula is C11H8INO2S. The van der Waals surface area contributed by atoms with E-state index in [1.165, 1.54) is 17.4 Å². The highest BCUT2D eigenvalue weighted by molar-refractivity contribution is 14.1. The molecule has 2 rings (SSSR count). The number of hydrogen-bond acceptors (Lipinski definition) is 3. The molecular weight excluding hydrogens is 337 g/mol. The molecule has 2 N–H and O–H groups in total. The molecule has 0 spiro atoms. The molecule has 1 aromatic heterocycles. The molecule has 16 heavy (non-hydrogen) atoms. The molecule has 5 heteroatoms. The minimum Gasteiger partial charge on any atom is -0.508 e. The van der Waals surface area contributed by atoms with Crippen molar-refractivity contribution in [2.24, 2.45) is 0 Å². The van der Waals surface area contributed by atoms with Gasteiger partial charge in [-0.15, -0.1) is 11.3 Å². The smallest absolute Gasteiger partial charge is 0.256 e. The van der Waals surface area contributed by atoms with Crippen LogP contribution in [0.15, 0.2) is 35.7 Å². The number of phenolic OH excluding ortho intramolecular Hbond substituents is 1. The Kier molecular flexibility index (Phi) is 3.45. The first-order chi connectivity index (χ1) is 7.65. The van der Waals surface area contributed by atoms with E-state index in [4.69, 9.17) is 0 Å². The van der Waals surface area contributed by atoms with E-state index in [9.17, 15) is 9.90 Å². The lowest BCUT2D eigenvalue weighted by molar-refractivity contribution is 0.102. The highest BCUT2D eigenvalue weighted by atomic mass is 127. The number of phenols is 1. The molecule has 0 saturated carbocycles. The van der Waals surface area contributed by atoms with Gasteiger partial charge in [0.1, 0.15) is 5.75 Å². The first kappa shape index (κ1) is 11.4. The number of benzene rings is 1. The minimum atomic E-state index is -0.162. The molecule has 0 radical (unpaired) electrons. The summed E-state index contributed by atoms with van der Waals surface area (Å²) < 4.78 is 1.07. The zero-order chi connectivity index (χ0) is 11.5. The van der Waals surface area contributed by atoms with Gasteiger partial charge in [0.2, 0.25) is 0 Å². The lowest BCUT2D eigenvalue weighted by Crippen LogP contribution is -2.10. The Bertz CT molecular complexity index is 524. The monoisotopic (exact) mass is 345 g/mol. The van der Waals surface area contributed by atoms with Crippen molar-refractivity contribution >= 4 is 45.5 Å². The van der Waals surface area contributed by atoms with Crippen molar-refractivity contribution in [1.29, 1.82) is 0 Å². The summed E-state index contributed by atoms with van der Waals surface area (Å²) in [7, 11) is 0. The van der Waals surface area contributed by atoms with E-state index in [0.717, 1.165) is 2.88 Å². The lowest BCUT2D eigenvalue weighted by atomic mass is 10.2. The Labute approximate surface area is 110 Å². The van der Waals surface area contributed by atoms with Gasteiger partial charge in [-0.2, -0.15) is 0 Å². The predicted octanol–water partition coefficient (Wildman–Crippen LogP) is 3.31. The maximum atomic E-state index is 11.7. The van der Waals surface area contributed by atoms with Crippen molar-refractivity contribution in [1.82, 2.24) is 0 Å². The van der Waals surface area contributed by atoms with Gasteiger partial charge in [0.15, 0.2) is 0 Å². The highest BCUT2D eigenvalue weighted by Gasteiger charge is 2.08. The Morgan fingerprint density at radius 1 is 1.38 bits per heavy atom. The zero-order valence-corrected chi connectivity index (χ0v) is 11.1. The molecule has 2 aromatic rings. The second kappa shape index (κ2) is 4.84. The molecule has 0 aliphatic rings. The van der Waals surface area contributed by atoms with Crippen LogP contribution in [0.4, 0.5) is 5.69 Å². The molecule has 0 unspecified atom stereocenters. The average molecular weight is 345 g/mol. The van der Waals surface area contributed by atoms with Gasteiger partial charge in [-0.25, -0.2) is 0 Å². The fourth-order valence-corrected chi connectivity index (χ4v) is 2.54. The van der Waals surface area contributed by atoms with E-state index in [1.807, 2.05) is 6.07 Å². The third-order valence-electron chi connectivity index (χ3n) is 1.93. The molecule has 0 bridgehead atoms. The van der Waals surface area contributed by atoms with Crippen molar-refractivity contribution in [2.75, 3.05) is 5.32 Å². The maximum absolute atomic E-state index is 11.7. The molecule has 1 amide bonds. The summed E-state index contributed by atoms with van der Waals surface area (Å²) in [6.45, 7) is 0. The second-order valence-electron chi connectivity index (χ2n) is 3.14. The summed E-state index contributed by atoms with van der Waals surface area (Å²) >= 11 is 3.69. The fourth-order valence-electron chi connectivity index (χ4n) is 1.22. The van der Waals surface area contributed by atoms with Gasteiger partial charge in [-0.3, -0.25) is 4.79 Å². The number of rotatable bonds is 2. The van der Waals surface area contributed by atoms with Gasteiger partial charge in [-0.05, 0) is 40.8 Å². The van der Waals surface area contributed by atoms with E-state index in [1.54, 1.807) is 23.6 Å². The molecule has 0 aliphatic heterocycles. The Hall–Kier alpha value is -1.08. The van der Waals surface area contributed by atoms with Crippen LogP contribution in [0.5, 0.6) is 5.75 Å². The van der Waals surface area contributed by atoms with Crippen molar-refractivity contribution in [3.63, 3.8) is 0 Å². The quantitative estimate of drug-likeness (QED) is 0.821. The minimum absolute atomic E-state index is 0.137. The summed E-state index contributed by atoms with van der Waals surface area (Å²) in [6.07, 6.45) is 0. The topological polar surface area (TPSA) is 49.3 Å². The van der Waals surface area contributed by atoms with Crippen LogP contribution in [-0.2, 0) is 0 Å². The van der Waals surface area contributed by atoms with Crippen molar-refractivity contribution in [3.8, 4) is 5.75 Å². The summed E-state index contributed by atoms with van der Waals surface area (Å²) in [5.74, 6) is -0.0255. The third kappa shape index (κ3) is 2.73. The molecule has 0 saturated heterocycles. The number of thiophene rings is 1.